The van der Waals surface area contributed by atoms with Crippen molar-refractivity contribution in [3.8, 4) is 0 Å². The molecule has 3 rings (SSSR count). The van der Waals surface area contributed by atoms with Crippen molar-refractivity contribution < 1.29 is 4.42 Å². The molecule has 1 aromatic heterocycles. The van der Waals surface area contributed by atoms with Gasteiger partial charge in [0.1, 0.15) is 5.58 Å². The number of aryl methyl sites for hydroxylation is 2. The van der Waals surface area contributed by atoms with Crippen LogP contribution in [0.15, 0.2) is 53.1 Å². The van der Waals surface area contributed by atoms with Crippen molar-refractivity contribution in [3.05, 3.63) is 71.0 Å². The van der Waals surface area contributed by atoms with Crippen molar-refractivity contribution in [1.82, 2.24) is 5.32 Å². The molecular weight excluding hydrogens is 258 g/mol. The molecule has 0 aliphatic rings. The van der Waals surface area contributed by atoms with Crippen molar-refractivity contribution in [2.75, 3.05) is 0 Å². The van der Waals surface area contributed by atoms with Gasteiger partial charge in [-0.05, 0) is 38.0 Å². The summed E-state index contributed by atoms with van der Waals surface area (Å²) in [5.41, 5.74) is 6.16. The molecular formula is C19H21NO. The Balaban J connectivity index is 1.76. The zero-order chi connectivity index (χ0) is 14.8. The van der Waals surface area contributed by atoms with Gasteiger partial charge < -0.3 is 9.73 Å². The molecule has 0 bridgehead atoms. The molecule has 0 aliphatic carbocycles. The van der Waals surface area contributed by atoms with E-state index in [9.17, 15) is 0 Å². The zero-order valence-electron chi connectivity index (χ0n) is 12.8. The third-order valence-corrected chi connectivity index (χ3v) is 4.06. The lowest BCUT2D eigenvalue weighted by Crippen LogP contribution is -2.18. The van der Waals surface area contributed by atoms with E-state index in [0.717, 1.165) is 12.1 Å². The monoisotopic (exact) mass is 279 g/mol. The number of rotatable bonds is 4. The van der Waals surface area contributed by atoms with Gasteiger partial charge in [0.05, 0.1) is 6.26 Å². The number of benzene rings is 2. The number of nitrogens with one attached hydrogen (secondary N) is 1. The van der Waals surface area contributed by atoms with E-state index in [1.54, 1.807) is 0 Å². The van der Waals surface area contributed by atoms with E-state index in [0.29, 0.717) is 6.04 Å². The van der Waals surface area contributed by atoms with Crippen LogP contribution in [0.3, 0.4) is 0 Å². The number of para-hydroxylation sites is 1. The molecule has 0 spiro atoms. The quantitative estimate of drug-likeness (QED) is 0.734. The van der Waals surface area contributed by atoms with E-state index in [2.05, 4.69) is 56.4 Å². The van der Waals surface area contributed by atoms with Crippen molar-refractivity contribution in [2.45, 2.75) is 33.4 Å². The zero-order valence-corrected chi connectivity index (χ0v) is 12.8. The first-order valence-corrected chi connectivity index (χ1v) is 7.41. The molecule has 2 nitrogen and oxygen atoms in total. The summed E-state index contributed by atoms with van der Waals surface area (Å²) < 4.78 is 5.59. The predicted octanol–water partition coefficient (Wildman–Crippen LogP) is 4.90. The average molecular weight is 279 g/mol. The van der Waals surface area contributed by atoms with Gasteiger partial charge in [0, 0.05) is 23.5 Å². The Morgan fingerprint density at radius 3 is 2.76 bits per heavy atom. The highest BCUT2D eigenvalue weighted by molar-refractivity contribution is 5.80. The van der Waals surface area contributed by atoms with E-state index in [-0.39, 0.29) is 0 Å². The van der Waals surface area contributed by atoms with Crippen LogP contribution >= 0.6 is 0 Å². The van der Waals surface area contributed by atoms with Gasteiger partial charge in [0.2, 0.25) is 0 Å². The van der Waals surface area contributed by atoms with Gasteiger partial charge >= 0.3 is 0 Å². The topological polar surface area (TPSA) is 25.2 Å². The maximum absolute atomic E-state index is 5.59. The summed E-state index contributed by atoms with van der Waals surface area (Å²) in [5.74, 6) is 0. The molecule has 0 radical (unpaired) electrons. The maximum atomic E-state index is 5.59. The number of fused-ring (bicyclic) bond motifs is 1. The Morgan fingerprint density at radius 1 is 1.10 bits per heavy atom. The predicted molar refractivity (Wildman–Crippen MR) is 87.4 cm³/mol. The van der Waals surface area contributed by atoms with Crippen LogP contribution in [0.4, 0.5) is 0 Å². The molecule has 0 fully saturated rings. The first-order chi connectivity index (χ1) is 10.1. The second kappa shape index (κ2) is 5.74. The molecule has 21 heavy (non-hydrogen) atoms. The van der Waals surface area contributed by atoms with Crippen LogP contribution in [0.1, 0.15) is 35.2 Å². The fourth-order valence-electron chi connectivity index (χ4n) is 2.77. The van der Waals surface area contributed by atoms with Crippen LogP contribution < -0.4 is 5.32 Å². The van der Waals surface area contributed by atoms with Crippen LogP contribution in [0, 0.1) is 13.8 Å². The summed E-state index contributed by atoms with van der Waals surface area (Å²) >= 11 is 0. The summed E-state index contributed by atoms with van der Waals surface area (Å²) in [4.78, 5) is 0. The average Bonchev–Trinajstić information content (AvgIpc) is 2.90. The fourth-order valence-corrected chi connectivity index (χ4v) is 2.77. The maximum Gasteiger partial charge on any atom is 0.134 e. The summed E-state index contributed by atoms with van der Waals surface area (Å²) in [6.45, 7) is 7.33. The highest BCUT2D eigenvalue weighted by atomic mass is 16.3. The lowest BCUT2D eigenvalue weighted by Gasteiger charge is -2.17. The van der Waals surface area contributed by atoms with Crippen molar-refractivity contribution >= 4 is 11.0 Å². The highest BCUT2D eigenvalue weighted by Crippen LogP contribution is 2.23. The normalized spacial score (nSPS) is 12.7. The van der Waals surface area contributed by atoms with E-state index >= 15 is 0 Å². The van der Waals surface area contributed by atoms with Crippen LogP contribution in [0.5, 0.6) is 0 Å². The van der Waals surface area contributed by atoms with E-state index in [1.165, 1.54) is 27.6 Å². The Kier molecular flexibility index (Phi) is 3.80. The molecule has 3 aromatic rings. The minimum Gasteiger partial charge on any atom is -0.464 e. The second-order valence-electron chi connectivity index (χ2n) is 5.72. The van der Waals surface area contributed by atoms with Crippen molar-refractivity contribution in [3.63, 3.8) is 0 Å². The van der Waals surface area contributed by atoms with Crippen LogP contribution in [-0.2, 0) is 6.54 Å². The van der Waals surface area contributed by atoms with Gasteiger partial charge in [-0.3, -0.25) is 0 Å². The lowest BCUT2D eigenvalue weighted by molar-refractivity contribution is 0.560. The third-order valence-electron chi connectivity index (χ3n) is 4.06. The highest BCUT2D eigenvalue weighted by Gasteiger charge is 2.10. The Bertz CT molecular complexity index is 757. The lowest BCUT2D eigenvalue weighted by atomic mass is 10.00. The van der Waals surface area contributed by atoms with E-state index in [4.69, 9.17) is 4.42 Å². The molecule has 1 N–H and O–H groups in total. The first-order valence-electron chi connectivity index (χ1n) is 7.41. The largest absolute Gasteiger partial charge is 0.464 e. The van der Waals surface area contributed by atoms with Gasteiger partial charge in [-0.25, -0.2) is 0 Å². The van der Waals surface area contributed by atoms with Gasteiger partial charge in [-0.2, -0.15) is 0 Å². The minimum atomic E-state index is 0.318. The van der Waals surface area contributed by atoms with Gasteiger partial charge in [0.15, 0.2) is 0 Å². The van der Waals surface area contributed by atoms with Crippen molar-refractivity contribution in [1.29, 1.82) is 0 Å². The smallest absolute Gasteiger partial charge is 0.134 e. The summed E-state index contributed by atoms with van der Waals surface area (Å²) in [6.07, 6.45) is 1.85. The van der Waals surface area contributed by atoms with Crippen molar-refractivity contribution in [2.24, 2.45) is 0 Å². The Hall–Kier alpha value is -2.06. The standard InChI is InChI=1S/C19H21NO/c1-13-8-9-14(2)18(10-13)15(3)20-11-16-12-21-19-7-5-4-6-17(16)19/h4-10,12,15,20H,11H2,1-3H3. The van der Waals surface area contributed by atoms with Crippen LogP contribution in [0.2, 0.25) is 0 Å². The summed E-state index contributed by atoms with van der Waals surface area (Å²) in [5, 5.41) is 4.79. The molecule has 2 heteroatoms. The van der Waals surface area contributed by atoms with Gasteiger partial charge in [0.25, 0.3) is 0 Å². The second-order valence-corrected chi connectivity index (χ2v) is 5.72. The number of hydrogen-bond donors (Lipinski definition) is 1. The van der Waals surface area contributed by atoms with E-state index < -0.39 is 0 Å². The Labute approximate surface area is 125 Å². The summed E-state index contributed by atoms with van der Waals surface area (Å²) in [6, 6.07) is 15.1. The van der Waals surface area contributed by atoms with Crippen LogP contribution in [-0.4, -0.2) is 0 Å². The molecule has 1 heterocycles. The van der Waals surface area contributed by atoms with E-state index in [1.807, 2.05) is 18.4 Å². The number of hydrogen-bond acceptors (Lipinski definition) is 2. The summed E-state index contributed by atoms with van der Waals surface area (Å²) in [7, 11) is 0. The molecule has 2 aromatic carbocycles. The molecule has 1 unspecified atom stereocenters. The molecule has 108 valence electrons. The molecule has 0 saturated carbocycles. The third kappa shape index (κ3) is 2.86. The molecule has 0 aliphatic heterocycles. The minimum absolute atomic E-state index is 0.318. The molecule has 0 saturated heterocycles. The molecule has 1 atom stereocenters. The Morgan fingerprint density at radius 2 is 1.90 bits per heavy atom. The fraction of sp³-hybridized carbons (Fsp3) is 0.263. The van der Waals surface area contributed by atoms with Gasteiger partial charge in [-0.15, -0.1) is 0 Å². The first kappa shape index (κ1) is 13.9. The van der Waals surface area contributed by atoms with Crippen LogP contribution in [0.25, 0.3) is 11.0 Å². The SMILES string of the molecule is Cc1ccc(C)c(C(C)NCc2coc3ccccc23)c1. The molecule has 0 amide bonds. The van der Waals surface area contributed by atoms with Gasteiger partial charge in [-0.1, -0.05) is 42.0 Å². The number of furan rings is 1.